The van der Waals surface area contributed by atoms with Gasteiger partial charge < -0.3 is 19.7 Å². The molecule has 17 heavy (non-hydrogen) atoms. The summed E-state index contributed by atoms with van der Waals surface area (Å²) in [4.78, 5) is 11.0. The quantitative estimate of drug-likeness (QED) is 0.871. The molecule has 0 spiro atoms. The number of aromatic hydroxyl groups is 1. The number of ether oxygens (including phenoxy) is 2. The van der Waals surface area contributed by atoms with E-state index < -0.39 is 5.97 Å². The Hall–Kier alpha value is -1.11. The fraction of sp³-hybridized carbons (Fsp3) is 0.364. The molecule has 1 aromatic rings. The topological polar surface area (TPSA) is 76.0 Å². The fourth-order valence-electron chi connectivity index (χ4n) is 1.48. The lowest BCUT2D eigenvalue weighted by molar-refractivity contribution is 0.0694. The van der Waals surface area contributed by atoms with Crippen LogP contribution in [0.25, 0.3) is 0 Å². The van der Waals surface area contributed by atoms with E-state index in [4.69, 9.17) is 14.6 Å². The molecule has 2 N–H and O–H groups in total. The normalized spacial score (nSPS) is 10.5. The molecule has 0 radical (unpaired) electrons. The van der Waals surface area contributed by atoms with Crippen molar-refractivity contribution in [3.63, 3.8) is 0 Å². The second-order valence-corrected chi connectivity index (χ2v) is 4.19. The number of carbonyl (C=O) groups is 1. The van der Waals surface area contributed by atoms with Crippen molar-refractivity contribution >= 4 is 21.9 Å². The van der Waals surface area contributed by atoms with Crippen LogP contribution < -0.4 is 0 Å². The number of methoxy groups -OCH3 is 2. The summed E-state index contributed by atoms with van der Waals surface area (Å²) >= 11 is 3.06. The van der Waals surface area contributed by atoms with Gasteiger partial charge in [0.25, 0.3) is 0 Å². The van der Waals surface area contributed by atoms with Crippen LogP contribution in [0.4, 0.5) is 0 Å². The van der Waals surface area contributed by atoms with Crippen molar-refractivity contribution in [2.45, 2.75) is 13.2 Å². The van der Waals surface area contributed by atoms with Gasteiger partial charge in [-0.15, -0.1) is 0 Å². The third-order valence-corrected chi connectivity index (χ3v) is 3.06. The molecule has 0 heterocycles. The lowest BCUT2D eigenvalue weighted by atomic mass is 10.0. The standard InChI is InChI=1S/C11H13BrO5/c1-16-4-6-3-7(11(14)15)9(12)10(13)8(6)5-17-2/h3,13H,4-5H2,1-2H3,(H,14,15). The summed E-state index contributed by atoms with van der Waals surface area (Å²) < 4.78 is 10.1. The Kier molecular flexibility index (Phi) is 4.92. The second-order valence-electron chi connectivity index (χ2n) is 3.40. The molecule has 0 saturated heterocycles. The zero-order valence-corrected chi connectivity index (χ0v) is 11.1. The number of benzene rings is 1. The van der Waals surface area contributed by atoms with E-state index in [0.717, 1.165) is 0 Å². The van der Waals surface area contributed by atoms with E-state index in [1.165, 1.54) is 20.3 Å². The minimum atomic E-state index is -1.12. The molecule has 1 rings (SSSR count). The summed E-state index contributed by atoms with van der Waals surface area (Å²) in [5.41, 5.74) is 1.10. The Morgan fingerprint density at radius 3 is 2.41 bits per heavy atom. The molecule has 0 atom stereocenters. The second kappa shape index (κ2) is 6.00. The van der Waals surface area contributed by atoms with Crippen LogP contribution in [0, 0.1) is 0 Å². The maximum atomic E-state index is 11.0. The van der Waals surface area contributed by atoms with Gasteiger partial charge in [-0.05, 0) is 27.6 Å². The van der Waals surface area contributed by atoms with Gasteiger partial charge in [0.15, 0.2) is 0 Å². The summed E-state index contributed by atoms with van der Waals surface area (Å²) in [6, 6.07) is 1.46. The average molecular weight is 305 g/mol. The Morgan fingerprint density at radius 1 is 1.35 bits per heavy atom. The first kappa shape index (κ1) is 14.0. The summed E-state index contributed by atoms with van der Waals surface area (Å²) in [6.45, 7) is 0.392. The van der Waals surface area contributed by atoms with Gasteiger partial charge in [-0.25, -0.2) is 4.79 Å². The van der Waals surface area contributed by atoms with Crippen LogP contribution in [0.2, 0.25) is 0 Å². The predicted octanol–water partition coefficient (Wildman–Crippen LogP) is 2.15. The van der Waals surface area contributed by atoms with Gasteiger partial charge in [0.2, 0.25) is 0 Å². The molecule has 0 unspecified atom stereocenters. The molecule has 0 amide bonds. The smallest absolute Gasteiger partial charge is 0.336 e. The highest BCUT2D eigenvalue weighted by molar-refractivity contribution is 9.10. The predicted molar refractivity (Wildman–Crippen MR) is 64.2 cm³/mol. The number of carboxylic acids is 1. The SMILES string of the molecule is COCc1cc(C(=O)O)c(Br)c(O)c1COC. The number of halogens is 1. The number of carboxylic acid groups (broad SMARTS) is 1. The van der Waals surface area contributed by atoms with Crippen LogP contribution in [0.1, 0.15) is 21.5 Å². The summed E-state index contributed by atoms with van der Waals surface area (Å²) in [6.07, 6.45) is 0. The average Bonchev–Trinajstić information content (AvgIpc) is 2.28. The molecule has 0 bridgehead atoms. The van der Waals surface area contributed by atoms with Gasteiger partial charge in [-0.3, -0.25) is 0 Å². The monoisotopic (exact) mass is 304 g/mol. The third kappa shape index (κ3) is 2.96. The van der Waals surface area contributed by atoms with Crippen molar-refractivity contribution in [3.8, 4) is 5.75 Å². The largest absolute Gasteiger partial charge is 0.506 e. The van der Waals surface area contributed by atoms with Crippen LogP contribution >= 0.6 is 15.9 Å². The molecule has 0 aliphatic carbocycles. The molecular formula is C11H13BrO5. The van der Waals surface area contributed by atoms with Crippen molar-refractivity contribution in [3.05, 3.63) is 27.2 Å². The number of phenolic OH excluding ortho intramolecular Hbond substituents is 1. The lowest BCUT2D eigenvalue weighted by Crippen LogP contribution is -2.05. The Bertz CT molecular complexity index is 430. The highest BCUT2D eigenvalue weighted by Gasteiger charge is 2.19. The van der Waals surface area contributed by atoms with Gasteiger partial charge in [-0.1, -0.05) is 0 Å². The minimum Gasteiger partial charge on any atom is -0.506 e. The maximum Gasteiger partial charge on any atom is 0.336 e. The van der Waals surface area contributed by atoms with Crippen molar-refractivity contribution in [1.29, 1.82) is 0 Å². The van der Waals surface area contributed by atoms with Crippen LogP contribution in [-0.2, 0) is 22.7 Å². The molecule has 1 aromatic carbocycles. The van der Waals surface area contributed by atoms with E-state index in [-0.39, 0.29) is 29.0 Å². The van der Waals surface area contributed by atoms with Crippen molar-refractivity contribution < 1.29 is 24.5 Å². The van der Waals surface area contributed by atoms with E-state index >= 15 is 0 Å². The molecule has 0 saturated carbocycles. The first-order valence-electron chi connectivity index (χ1n) is 4.77. The molecule has 94 valence electrons. The lowest BCUT2D eigenvalue weighted by Gasteiger charge is -2.13. The first-order valence-corrected chi connectivity index (χ1v) is 5.56. The summed E-state index contributed by atoms with van der Waals surface area (Å²) in [5.74, 6) is -1.24. The van der Waals surface area contributed by atoms with E-state index in [0.29, 0.717) is 11.1 Å². The van der Waals surface area contributed by atoms with Crippen LogP contribution in [0.5, 0.6) is 5.75 Å². The van der Waals surface area contributed by atoms with Gasteiger partial charge >= 0.3 is 5.97 Å². The Morgan fingerprint density at radius 2 is 1.94 bits per heavy atom. The number of hydrogen-bond acceptors (Lipinski definition) is 4. The summed E-state index contributed by atoms with van der Waals surface area (Å²) in [7, 11) is 2.99. The van der Waals surface area contributed by atoms with Crippen molar-refractivity contribution in [1.82, 2.24) is 0 Å². The van der Waals surface area contributed by atoms with Crippen molar-refractivity contribution in [2.75, 3.05) is 14.2 Å². The van der Waals surface area contributed by atoms with Gasteiger partial charge in [-0.2, -0.15) is 0 Å². The van der Waals surface area contributed by atoms with Gasteiger partial charge in [0.1, 0.15) is 5.75 Å². The number of phenols is 1. The van der Waals surface area contributed by atoms with E-state index in [1.807, 2.05) is 0 Å². The molecule has 5 nitrogen and oxygen atoms in total. The zero-order valence-electron chi connectivity index (χ0n) is 9.49. The fourth-order valence-corrected chi connectivity index (χ4v) is 2.01. The minimum absolute atomic E-state index is 0.00518. The number of aromatic carboxylic acids is 1. The zero-order chi connectivity index (χ0) is 13.0. The van der Waals surface area contributed by atoms with Crippen LogP contribution in [-0.4, -0.2) is 30.4 Å². The maximum absolute atomic E-state index is 11.0. The molecule has 0 aliphatic heterocycles. The van der Waals surface area contributed by atoms with Crippen LogP contribution in [0.15, 0.2) is 10.5 Å². The Balaban J connectivity index is 3.38. The molecule has 0 fully saturated rings. The van der Waals surface area contributed by atoms with E-state index in [1.54, 1.807) is 0 Å². The molecule has 0 aliphatic rings. The van der Waals surface area contributed by atoms with Gasteiger partial charge in [0, 0.05) is 19.8 Å². The Labute approximate surface area is 107 Å². The molecule has 6 heteroatoms. The highest BCUT2D eigenvalue weighted by Crippen LogP contribution is 2.35. The van der Waals surface area contributed by atoms with E-state index in [2.05, 4.69) is 15.9 Å². The van der Waals surface area contributed by atoms with E-state index in [9.17, 15) is 9.90 Å². The summed E-state index contributed by atoms with van der Waals surface area (Å²) in [5, 5.41) is 18.9. The van der Waals surface area contributed by atoms with Gasteiger partial charge in [0.05, 0.1) is 23.2 Å². The number of hydrogen-bond donors (Lipinski definition) is 2. The first-order chi connectivity index (χ1) is 8.02. The molecular weight excluding hydrogens is 292 g/mol. The third-order valence-electron chi connectivity index (χ3n) is 2.26. The van der Waals surface area contributed by atoms with Crippen molar-refractivity contribution in [2.24, 2.45) is 0 Å². The molecule has 0 aromatic heterocycles. The van der Waals surface area contributed by atoms with Crippen LogP contribution in [0.3, 0.4) is 0 Å². The number of rotatable bonds is 5. The highest BCUT2D eigenvalue weighted by atomic mass is 79.9.